The van der Waals surface area contributed by atoms with Gasteiger partial charge in [-0.2, -0.15) is 0 Å². The molecule has 0 fully saturated rings. The van der Waals surface area contributed by atoms with Crippen LogP contribution in [0, 0.1) is 0 Å². The zero-order valence-electron chi connectivity index (χ0n) is 38.5. The average molecular weight is 1090 g/mol. The summed E-state index contributed by atoms with van der Waals surface area (Å²) in [5, 5.41) is 3.46. The van der Waals surface area contributed by atoms with E-state index in [9.17, 15) is 0 Å². The maximum absolute atomic E-state index is 5.31. The van der Waals surface area contributed by atoms with E-state index in [1.807, 2.05) is 72.8 Å². The number of halogens is 4. The minimum absolute atomic E-state index is 0. The molecule has 0 N–H and O–H groups in total. The largest absolute Gasteiger partial charge is 2.00 e. The van der Waals surface area contributed by atoms with Crippen LogP contribution in [0.4, 0.5) is 0 Å². The second kappa shape index (κ2) is 22.1. The summed E-state index contributed by atoms with van der Waals surface area (Å²) in [6, 6.07) is 50.0. The van der Waals surface area contributed by atoms with Crippen molar-refractivity contribution in [1.82, 2.24) is 39.9 Å². The van der Waals surface area contributed by atoms with Crippen LogP contribution in [0.25, 0.3) is 89.7 Å². The molecule has 11 aromatic rings. The number of nitrogens with zero attached hydrogens (tertiary/aromatic N) is 12. The van der Waals surface area contributed by atoms with E-state index < -0.39 is 0 Å². The molecule has 7 aromatic heterocycles. The fourth-order valence-corrected chi connectivity index (χ4v) is 9.25. The Labute approximate surface area is 455 Å². The van der Waals surface area contributed by atoms with Gasteiger partial charge in [0.05, 0.1) is 23.3 Å². The van der Waals surface area contributed by atoms with E-state index >= 15 is 0 Å². The summed E-state index contributed by atoms with van der Waals surface area (Å²) in [6.07, 6.45) is 16.5. The Balaban J connectivity index is 0.00000142. The molecule has 0 atom stereocenters. The van der Waals surface area contributed by atoms with Crippen LogP contribution in [0.15, 0.2) is 195 Å². The molecule has 0 amide bonds. The fraction of sp³-hybridized carbons (Fsp3) is 0.0714. The second-order valence-corrected chi connectivity index (χ2v) is 17.2. The Hall–Kier alpha value is -7.48. The van der Waals surface area contributed by atoms with Crippen LogP contribution in [0.3, 0.4) is 0 Å². The van der Waals surface area contributed by atoms with Crippen molar-refractivity contribution in [3.05, 3.63) is 217 Å². The molecule has 13 rings (SSSR count). The monoisotopic (exact) mass is 1080 g/mol. The van der Waals surface area contributed by atoms with Gasteiger partial charge in [0, 0.05) is 116 Å². The molecule has 8 bridgehead atoms. The zero-order chi connectivity index (χ0) is 45.0. The van der Waals surface area contributed by atoms with Gasteiger partial charge in [0.15, 0.2) is 75.8 Å². The number of benzene rings is 4. The van der Waals surface area contributed by atoms with Gasteiger partial charge in [0.25, 0.3) is 0 Å². The van der Waals surface area contributed by atoms with E-state index in [-0.39, 0.29) is 66.7 Å². The SMILES string of the molecule is [Cl-].[Cl-].[Cl-].[Cl-].[Cu+2].c1cc[n+](Cc2ccc3c(c2)-c2nc-3nc3[n-]c(nc4nc(nc5[n-]c(n2)c2ccc(C[n+]6ccccc6)cc52)-c2ccc(C[n+]5ccccc5)cc2-4)c2ccc(C[n+]4ccccc4)cc32)cc1. The summed E-state index contributed by atoms with van der Waals surface area (Å²) in [6.45, 7) is 2.70. The zero-order valence-corrected chi connectivity index (χ0v) is 42.4. The molecule has 2 aliphatic rings. The Kier molecular flexibility index (Phi) is 15.7. The smallest absolute Gasteiger partial charge is 1.00 e. The molecular formula is C56H40Cl4CuN12. The molecule has 0 aliphatic carbocycles. The molecule has 0 saturated carbocycles. The maximum atomic E-state index is 5.31. The number of rotatable bonds is 8. The number of hydrogen-bond acceptors (Lipinski definition) is 6. The van der Waals surface area contributed by atoms with Crippen molar-refractivity contribution in [1.29, 1.82) is 0 Å². The van der Waals surface area contributed by atoms with Crippen molar-refractivity contribution in [3.8, 4) is 45.6 Å². The third-order valence-electron chi connectivity index (χ3n) is 12.5. The van der Waals surface area contributed by atoms with Gasteiger partial charge in [0.1, 0.15) is 0 Å². The van der Waals surface area contributed by atoms with Gasteiger partial charge in [0.2, 0.25) is 0 Å². The van der Waals surface area contributed by atoms with Crippen molar-refractivity contribution >= 4 is 44.1 Å². The summed E-state index contributed by atoms with van der Waals surface area (Å²) in [5.74, 6) is 2.07. The van der Waals surface area contributed by atoms with Crippen LogP contribution >= 0.6 is 0 Å². The van der Waals surface area contributed by atoms with Crippen LogP contribution in [0.1, 0.15) is 22.3 Å². The first-order chi connectivity index (χ1) is 33.6. The third-order valence-corrected chi connectivity index (χ3v) is 12.5. The molecule has 1 radical (unpaired) electrons. The van der Waals surface area contributed by atoms with Gasteiger partial charge in [-0.3, -0.25) is 0 Å². The minimum Gasteiger partial charge on any atom is -1.00 e. The first kappa shape index (κ1) is 51.9. The molecular weight excluding hydrogens is 1050 g/mol. The number of aromatic nitrogens is 12. The summed E-state index contributed by atoms with van der Waals surface area (Å²) < 4.78 is 8.61. The summed E-state index contributed by atoms with van der Waals surface area (Å²) >= 11 is 0. The van der Waals surface area contributed by atoms with E-state index in [1.165, 1.54) is 0 Å². The summed E-state index contributed by atoms with van der Waals surface area (Å²) in [4.78, 5) is 42.1. The van der Waals surface area contributed by atoms with Gasteiger partial charge < -0.3 is 79.5 Å². The van der Waals surface area contributed by atoms with Crippen LogP contribution in [-0.4, -0.2) is 29.9 Å². The molecule has 73 heavy (non-hydrogen) atoms. The number of hydrogen-bond donors (Lipinski definition) is 0. The van der Waals surface area contributed by atoms with E-state index in [4.69, 9.17) is 39.9 Å². The van der Waals surface area contributed by atoms with E-state index in [0.29, 0.717) is 72.1 Å². The average Bonchev–Trinajstić information content (AvgIpc) is 4.10. The van der Waals surface area contributed by atoms with Gasteiger partial charge in [-0.05, 0) is 45.8 Å². The second-order valence-electron chi connectivity index (χ2n) is 17.2. The Morgan fingerprint density at radius 1 is 0.288 bits per heavy atom. The Morgan fingerprint density at radius 3 is 0.890 bits per heavy atom. The topological polar surface area (TPSA) is 121 Å². The summed E-state index contributed by atoms with van der Waals surface area (Å²) in [5.41, 5.74) is 9.94. The van der Waals surface area contributed by atoms with Crippen LogP contribution in [-0.2, 0) is 43.2 Å². The van der Waals surface area contributed by atoms with Crippen LogP contribution in [0.2, 0.25) is 0 Å². The van der Waals surface area contributed by atoms with Crippen molar-refractivity contribution in [2.45, 2.75) is 26.2 Å². The van der Waals surface area contributed by atoms with Crippen molar-refractivity contribution in [2.24, 2.45) is 0 Å². The molecule has 0 saturated heterocycles. The van der Waals surface area contributed by atoms with Gasteiger partial charge >= 0.3 is 17.1 Å². The van der Waals surface area contributed by atoms with Crippen molar-refractivity contribution in [3.63, 3.8) is 0 Å². The molecule has 9 heterocycles. The quantitative estimate of drug-likeness (QED) is 0.111. The van der Waals surface area contributed by atoms with Crippen molar-refractivity contribution in [2.75, 3.05) is 0 Å². The normalized spacial score (nSPS) is 11.0. The molecule has 0 unspecified atom stereocenters. The van der Waals surface area contributed by atoms with E-state index in [0.717, 1.165) is 66.1 Å². The Bertz CT molecular complexity index is 3680. The number of pyridine rings is 4. The van der Waals surface area contributed by atoms with Gasteiger partial charge in [-0.15, -0.1) is 0 Å². The van der Waals surface area contributed by atoms with Crippen molar-refractivity contribution < 1.29 is 85.0 Å². The third kappa shape index (κ3) is 10.3. The predicted molar refractivity (Wildman–Crippen MR) is 257 cm³/mol. The van der Waals surface area contributed by atoms with Gasteiger partial charge in [-0.25, -0.2) is 28.2 Å². The standard InChI is InChI=1S/C56H40N12.4ClH.Cu/c1-5-21-65(22-6-1)33-37-13-17-41-45(29-37)53-57-49(41)62-54-47-31-39(35-67-25-9-3-10-26-67)15-19-43(47)51(59-54)64-56-48-32-40(36-68-27-11-4-12-28-68)16-20-44(48)52(60-56)63-55-46-30-38(34-66-23-7-2-8-24-66)14-18-42(46)50(58-55)61-53;;;;;/h1-32H,33-36H2;4*1H;/q+2;;;;;+2/p-4. The van der Waals surface area contributed by atoms with E-state index in [1.54, 1.807) is 0 Å². The first-order valence-corrected chi connectivity index (χ1v) is 22.6. The predicted octanol–water partition coefficient (Wildman–Crippen LogP) is -4.52. The minimum atomic E-state index is 0. The van der Waals surface area contributed by atoms with E-state index in [2.05, 4.69) is 141 Å². The molecule has 363 valence electrons. The summed E-state index contributed by atoms with van der Waals surface area (Å²) in [7, 11) is 0. The molecule has 12 nitrogen and oxygen atoms in total. The van der Waals surface area contributed by atoms with Gasteiger partial charge in [-0.1, -0.05) is 72.8 Å². The Morgan fingerprint density at radius 2 is 0.562 bits per heavy atom. The van der Waals surface area contributed by atoms with Crippen LogP contribution < -0.4 is 77.9 Å². The molecule has 4 aromatic carbocycles. The molecule has 17 heteroatoms. The van der Waals surface area contributed by atoms with Crippen LogP contribution in [0.5, 0.6) is 0 Å². The first-order valence-electron chi connectivity index (χ1n) is 22.6. The molecule has 2 aliphatic heterocycles. The molecule has 0 spiro atoms. The maximum Gasteiger partial charge on any atom is 2.00 e. The fourth-order valence-electron chi connectivity index (χ4n) is 9.25. The number of fused-ring (bicyclic) bond motifs is 20.